The maximum absolute atomic E-state index is 13.0. The van der Waals surface area contributed by atoms with Crippen LogP contribution in [0, 0.1) is 0 Å². The van der Waals surface area contributed by atoms with Gasteiger partial charge in [-0.1, -0.05) is 48.5 Å². The molecule has 4 rings (SSSR count). The fourth-order valence-corrected chi connectivity index (χ4v) is 5.40. The van der Waals surface area contributed by atoms with Crippen molar-refractivity contribution in [3.63, 3.8) is 0 Å². The Morgan fingerprint density at radius 1 is 1.03 bits per heavy atom. The number of rotatable bonds is 6. The minimum atomic E-state index is -3.63. The molecule has 2 unspecified atom stereocenters. The van der Waals surface area contributed by atoms with E-state index in [1.807, 2.05) is 30.3 Å². The summed E-state index contributed by atoms with van der Waals surface area (Å²) in [5.74, 6) is -0.167. The third kappa shape index (κ3) is 4.55. The molecule has 2 aliphatic rings. The quantitative estimate of drug-likeness (QED) is 0.631. The van der Waals surface area contributed by atoms with Crippen LogP contribution in [0.5, 0.6) is 0 Å². The molecule has 2 heterocycles. The van der Waals surface area contributed by atoms with Crippen LogP contribution in [0.2, 0.25) is 0 Å². The van der Waals surface area contributed by atoms with Crippen LogP contribution in [0.4, 0.5) is 0 Å². The number of hydrogen-bond donors (Lipinski definition) is 3. The number of carbonyl (C=O) groups is 1. The van der Waals surface area contributed by atoms with E-state index in [9.17, 15) is 13.2 Å². The number of benzene rings is 2. The predicted molar refractivity (Wildman–Crippen MR) is 112 cm³/mol. The van der Waals surface area contributed by atoms with Gasteiger partial charge in [0, 0.05) is 25.7 Å². The van der Waals surface area contributed by atoms with Crippen molar-refractivity contribution in [3.05, 3.63) is 65.7 Å². The first kappa shape index (κ1) is 21.0. The molecule has 2 aromatic carbocycles. The summed E-state index contributed by atoms with van der Waals surface area (Å²) in [7, 11) is -3.63. The highest BCUT2D eigenvalue weighted by molar-refractivity contribution is 7.89. The van der Waals surface area contributed by atoms with Gasteiger partial charge in [0.25, 0.3) is 0 Å². The van der Waals surface area contributed by atoms with Crippen LogP contribution in [0.25, 0.3) is 0 Å². The molecule has 0 aliphatic carbocycles. The molecule has 160 valence electrons. The average molecular weight is 431 g/mol. The highest BCUT2D eigenvalue weighted by Gasteiger charge is 2.31. The lowest BCUT2D eigenvalue weighted by Gasteiger charge is -2.27. The molecule has 2 aliphatic heterocycles. The number of hydrazine groups is 1. The zero-order valence-electron chi connectivity index (χ0n) is 16.6. The topological polar surface area (TPSA) is 99.8 Å². The number of nitrogens with one attached hydrogen (secondary N) is 3. The van der Waals surface area contributed by atoms with Gasteiger partial charge < -0.3 is 10.1 Å². The van der Waals surface area contributed by atoms with Gasteiger partial charge in [-0.05, 0) is 23.6 Å². The van der Waals surface area contributed by atoms with E-state index in [2.05, 4.69) is 16.2 Å². The summed E-state index contributed by atoms with van der Waals surface area (Å²) >= 11 is 0. The van der Waals surface area contributed by atoms with Crippen molar-refractivity contribution in [2.75, 3.05) is 26.3 Å². The second-order valence-electron chi connectivity index (χ2n) is 7.38. The van der Waals surface area contributed by atoms with Crippen LogP contribution in [0.3, 0.4) is 0 Å². The van der Waals surface area contributed by atoms with Crippen molar-refractivity contribution in [2.45, 2.75) is 29.9 Å². The van der Waals surface area contributed by atoms with Gasteiger partial charge >= 0.3 is 0 Å². The number of nitrogens with zero attached hydrogens (tertiary/aromatic N) is 1. The molecule has 2 fully saturated rings. The van der Waals surface area contributed by atoms with Crippen LogP contribution in [0.1, 0.15) is 23.6 Å². The molecule has 0 aromatic heterocycles. The van der Waals surface area contributed by atoms with Gasteiger partial charge in [0.1, 0.15) is 6.04 Å². The molecule has 0 saturated carbocycles. The summed E-state index contributed by atoms with van der Waals surface area (Å²) in [5.41, 5.74) is 7.88. The van der Waals surface area contributed by atoms with E-state index in [1.54, 1.807) is 24.3 Å². The molecular formula is C21H26N4O4S. The van der Waals surface area contributed by atoms with Crippen LogP contribution in [-0.2, 0) is 26.1 Å². The van der Waals surface area contributed by atoms with Crippen molar-refractivity contribution in [1.29, 1.82) is 0 Å². The normalized spacial score (nSPS) is 22.7. The molecule has 9 heteroatoms. The summed E-state index contributed by atoms with van der Waals surface area (Å²) in [5, 5.41) is 2.88. The minimum Gasteiger partial charge on any atom is -0.379 e. The molecule has 1 amide bonds. The summed E-state index contributed by atoms with van der Waals surface area (Å²) in [6, 6.07) is 16.4. The Hall–Kier alpha value is -2.30. The molecule has 0 spiro atoms. The van der Waals surface area contributed by atoms with E-state index in [1.165, 1.54) is 4.31 Å². The van der Waals surface area contributed by atoms with Crippen molar-refractivity contribution in [1.82, 2.24) is 20.5 Å². The van der Waals surface area contributed by atoms with Gasteiger partial charge in [0.2, 0.25) is 15.9 Å². The van der Waals surface area contributed by atoms with E-state index >= 15 is 0 Å². The fraction of sp³-hybridized carbons (Fsp3) is 0.381. The second kappa shape index (κ2) is 9.23. The minimum absolute atomic E-state index is 0.0518. The maximum Gasteiger partial charge on any atom is 0.243 e. The smallest absolute Gasteiger partial charge is 0.243 e. The van der Waals surface area contributed by atoms with Crippen molar-refractivity contribution < 1.29 is 17.9 Å². The Balaban J connectivity index is 1.40. The van der Waals surface area contributed by atoms with Crippen LogP contribution < -0.4 is 16.2 Å². The van der Waals surface area contributed by atoms with E-state index in [0.717, 1.165) is 5.56 Å². The number of carbonyl (C=O) groups excluding carboxylic acids is 1. The molecule has 2 atom stereocenters. The third-order valence-electron chi connectivity index (χ3n) is 5.44. The standard InChI is InChI=1S/C21H26N4O4S/c26-21(19-14-18(23-24-19)16-6-2-1-3-7-16)22-15-17-8-4-5-9-20(17)30(27,28)25-10-12-29-13-11-25/h1-9,18-19,23-24H,10-15H2,(H,22,26). The first-order valence-electron chi connectivity index (χ1n) is 10.1. The summed E-state index contributed by atoms with van der Waals surface area (Å²) in [6.45, 7) is 1.60. The van der Waals surface area contributed by atoms with Gasteiger partial charge in [0.15, 0.2) is 0 Å². The molecule has 8 nitrogen and oxygen atoms in total. The van der Waals surface area contributed by atoms with Gasteiger partial charge in [0.05, 0.1) is 18.1 Å². The van der Waals surface area contributed by atoms with E-state index in [4.69, 9.17) is 4.74 Å². The van der Waals surface area contributed by atoms with Crippen molar-refractivity contribution in [3.8, 4) is 0 Å². The first-order chi connectivity index (χ1) is 14.6. The number of morpholine rings is 1. The zero-order chi connectivity index (χ0) is 21.0. The summed E-state index contributed by atoms with van der Waals surface area (Å²) in [4.78, 5) is 12.9. The van der Waals surface area contributed by atoms with Gasteiger partial charge in [-0.25, -0.2) is 19.3 Å². The third-order valence-corrected chi connectivity index (χ3v) is 7.43. The first-order valence-corrected chi connectivity index (χ1v) is 11.5. The highest BCUT2D eigenvalue weighted by Crippen LogP contribution is 2.23. The average Bonchev–Trinajstić information content (AvgIpc) is 3.29. The SMILES string of the molecule is O=C(NCc1ccccc1S(=O)(=O)N1CCOCC1)C1CC(c2ccccc2)NN1. The lowest BCUT2D eigenvalue weighted by Crippen LogP contribution is -2.43. The van der Waals surface area contributed by atoms with Gasteiger partial charge in [-0.15, -0.1) is 0 Å². The number of ether oxygens (including phenoxy) is 1. The monoisotopic (exact) mass is 430 g/mol. The Labute approximate surface area is 176 Å². The number of hydrogen-bond acceptors (Lipinski definition) is 6. The van der Waals surface area contributed by atoms with Gasteiger partial charge in [-0.2, -0.15) is 4.31 Å². The van der Waals surface area contributed by atoms with Crippen LogP contribution >= 0.6 is 0 Å². The molecule has 3 N–H and O–H groups in total. The van der Waals surface area contributed by atoms with Gasteiger partial charge in [-0.3, -0.25) is 4.79 Å². The van der Waals surface area contributed by atoms with Crippen LogP contribution in [0.15, 0.2) is 59.5 Å². The molecular weight excluding hydrogens is 404 g/mol. The Morgan fingerprint density at radius 3 is 2.50 bits per heavy atom. The number of sulfonamides is 1. The predicted octanol–water partition coefficient (Wildman–Crippen LogP) is 0.931. The Bertz CT molecular complexity index is 978. The molecule has 0 radical (unpaired) electrons. The molecule has 2 aromatic rings. The largest absolute Gasteiger partial charge is 0.379 e. The lowest BCUT2D eigenvalue weighted by atomic mass is 10.0. The molecule has 30 heavy (non-hydrogen) atoms. The van der Waals surface area contributed by atoms with Crippen molar-refractivity contribution in [2.24, 2.45) is 0 Å². The summed E-state index contributed by atoms with van der Waals surface area (Å²) in [6.07, 6.45) is 0.615. The van der Waals surface area contributed by atoms with Crippen molar-refractivity contribution >= 4 is 15.9 Å². The highest BCUT2D eigenvalue weighted by atomic mass is 32.2. The van der Waals surface area contributed by atoms with E-state index in [-0.39, 0.29) is 23.4 Å². The van der Waals surface area contributed by atoms with Crippen LogP contribution in [-0.4, -0.2) is 51.0 Å². The fourth-order valence-electron chi connectivity index (χ4n) is 3.77. The second-order valence-corrected chi connectivity index (χ2v) is 9.29. The van der Waals surface area contributed by atoms with E-state index in [0.29, 0.717) is 38.3 Å². The maximum atomic E-state index is 13.0. The Kier molecular flexibility index (Phi) is 6.45. The Morgan fingerprint density at radius 2 is 1.73 bits per heavy atom. The summed E-state index contributed by atoms with van der Waals surface area (Å²) < 4.78 is 32.8. The molecule has 0 bridgehead atoms. The van der Waals surface area contributed by atoms with E-state index < -0.39 is 16.1 Å². The lowest BCUT2D eigenvalue weighted by molar-refractivity contribution is -0.123. The number of amides is 1. The molecule has 2 saturated heterocycles. The zero-order valence-corrected chi connectivity index (χ0v) is 17.4.